The molecule has 1 heterocycles. The van der Waals surface area contributed by atoms with E-state index in [1.54, 1.807) is 13.1 Å². The third-order valence-electron chi connectivity index (χ3n) is 3.77. The van der Waals surface area contributed by atoms with Gasteiger partial charge in [-0.1, -0.05) is 6.07 Å². The molecule has 0 aromatic heterocycles. The Balaban J connectivity index is 1.78. The second-order valence-electron chi connectivity index (χ2n) is 5.62. The molecule has 8 nitrogen and oxygen atoms in total. The van der Waals surface area contributed by atoms with Crippen molar-refractivity contribution in [2.45, 2.75) is 4.90 Å². The summed E-state index contributed by atoms with van der Waals surface area (Å²) in [5.74, 6) is -0.251. The van der Waals surface area contributed by atoms with Crippen molar-refractivity contribution in [2.24, 2.45) is 10.2 Å². The number of likely N-dealkylation sites (N-methyl/N-ethyl adjacent to an activating group) is 1. The molecule has 0 fully saturated rings. The normalized spacial score (nSPS) is 15.0. The van der Waals surface area contributed by atoms with Crippen LogP contribution in [0.1, 0.15) is 5.56 Å². The predicted molar refractivity (Wildman–Crippen MR) is 116 cm³/mol. The highest BCUT2D eigenvalue weighted by atomic mass is 127. The van der Waals surface area contributed by atoms with Crippen LogP contribution in [0.3, 0.4) is 0 Å². The molecule has 1 aliphatic rings. The molecular weight excluding hydrogens is 501 g/mol. The van der Waals surface area contributed by atoms with Gasteiger partial charge in [0.15, 0.2) is 10.8 Å². The Labute approximate surface area is 175 Å². The topological polar surface area (TPSA) is 117 Å². The zero-order valence-corrected chi connectivity index (χ0v) is 17.7. The van der Waals surface area contributed by atoms with E-state index in [9.17, 15) is 13.2 Å². The fourth-order valence-corrected chi connectivity index (χ4v) is 3.71. The van der Waals surface area contributed by atoms with Gasteiger partial charge in [-0.2, -0.15) is 5.10 Å². The molecule has 11 heteroatoms. The summed E-state index contributed by atoms with van der Waals surface area (Å²) in [6.45, 7) is 0. The first-order valence-electron chi connectivity index (χ1n) is 7.52. The van der Waals surface area contributed by atoms with E-state index in [0.29, 0.717) is 11.3 Å². The van der Waals surface area contributed by atoms with Crippen molar-refractivity contribution in [3.8, 4) is 0 Å². The first-order chi connectivity index (χ1) is 12.7. The van der Waals surface area contributed by atoms with Gasteiger partial charge in [0.1, 0.15) is 0 Å². The van der Waals surface area contributed by atoms with Gasteiger partial charge in [0.25, 0.3) is 5.91 Å². The van der Waals surface area contributed by atoms with Crippen LogP contribution in [0.5, 0.6) is 0 Å². The third-order valence-corrected chi connectivity index (χ3v) is 5.55. The molecule has 0 spiro atoms. The van der Waals surface area contributed by atoms with Gasteiger partial charge in [-0.3, -0.25) is 10.2 Å². The van der Waals surface area contributed by atoms with Crippen molar-refractivity contribution >= 4 is 72.9 Å². The van der Waals surface area contributed by atoms with Crippen molar-refractivity contribution < 1.29 is 13.2 Å². The summed E-state index contributed by atoms with van der Waals surface area (Å²) in [6, 6.07) is 11.5. The summed E-state index contributed by atoms with van der Waals surface area (Å²) in [6.07, 6.45) is 0. The van der Waals surface area contributed by atoms with Crippen LogP contribution in [0.2, 0.25) is 0 Å². The average Bonchev–Trinajstić information content (AvgIpc) is 2.83. The quantitative estimate of drug-likeness (QED) is 0.325. The number of hydrogen-bond donors (Lipinski definition) is 3. The van der Waals surface area contributed by atoms with Gasteiger partial charge in [-0.15, -0.1) is 0 Å². The second-order valence-corrected chi connectivity index (χ2v) is 8.84. The standard InChI is InChI=1S/C16H14IN5O3S2/c1-22-13-6-5-9(17)7-12(13)14(15(22)23)20-21-16(26)19-10-3-2-4-11(8-10)27(18,24)25/h2-8H,1H3,(H2,18,24,25)(H2,19,21,26). The Hall–Kier alpha value is -2.09. The van der Waals surface area contributed by atoms with E-state index in [4.69, 9.17) is 17.4 Å². The minimum atomic E-state index is -3.82. The number of carbonyl (C=O) groups excluding carboxylic acids is 1. The number of sulfonamides is 1. The van der Waals surface area contributed by atoms with Crippen LogP contribution in [0.4, 0.5) is 11.4 Å². The SMILES string of the molecule is CN1C(=O)C(=NNC(=S)Nc2cccc(S(N)(=O)=O)c2)c2cc(I)ccc21. The predicted octanol–water partition coefficient (Wildman–Crippen LogP) is 1.61. The highest BCUT2D eigenvalue weighted by molar-refractivity contribution is 14.1. The van der Waals surface area contributed by atoms with Crippen LogP contribution in [0, 0.1) is 3.57 Å². The number of benzene rings is 2. The summed E-state index contributed by atoms with van der Waals surface area (Å²) in [5.41, 5.74) is 4.76. The van der Waals surface area contributed by atoms with Gasteiger partial charge in [0.2, 0.25) is 10.0 Å². The number of hydrazone groups is 1. The Kier molecular flexibility index (Phi) is 5.46. The zero-order valence-electron chi connectivity index (χ0n) is 13.9. The molecule has 2 aromatic rings. The van der Waals surface area contributed by atoms with Crippen LogP contribution in [0.15, 0.2) is 52.5 Å². The summed E-state index contributed by atoms with van der Waals surface area (Å²) in [4.78, 5) is 13.9. The minimum Gasteiger partial charge on any atom is -0.331 e. The van der Waals surface area contributed by atoms with E-state index in [1.807, 2.05) is 18.2 Å². The maximum absolute atomic E-state index is 12.4. The maximum atomic E-state index is 12.4. The van der Waals surface area contributed by atoms with Crippen LogP contribution < -0.4 is 20.8 Å². The van der Waals surface area contributed by atoms with Crippen LogP contribution in [0.25, 0.3) is 0 Å². The summed E-state index contributed by atoms with van der Waals surface area (Å²) >= 11 is 7.32. The van der Waals surface area contributed by atoms with E-state index in [2.05, 4.69) is 38.4 Å². The van der Waals surface area contributed by atoms with Crippen molar-refractivity contribution in [1.29, 1.82) is 0 Å². The van der Waals surface area contributed by atoms with Crippen LogP contribution in [-0.2, 0) is 14.8 Å². The van der Waals surface area contributed by atoms with Crippen LogP contribution in [-0.4, -0.2) is 32.2 Å². The number of carbonyl (C=O) groups is 1. The molecule has 0 saturated carbocycles. The van der Waals surface area contributed by atoms with Crippen molar-refractivity contribution in [1.82, 2.24) is 5.43 Å². The molecule has 0 radical (unpaired) electrons. The zero-order chi connectivity index (χ0) is 19.8. The van der Waals surface area contributed by atoms with E-state index in [-0.39, 0.29) is 21.6 Å². The lowest BCUT2D eigenvalue weighted by Gasteiger charge is -2.09. The lowest BCUT2D eigenvalue weighted by molar-refractivity contribution is -0.111. The van der Waals surface area contributed by atoms with Gasteiger partial charge in [-0.25, -0.2) is 13.6 Å². The van der Waals surface area contributed by atoms with E-state index >= 15 is 0 Å². The molecule has 0 aliphatic carbocycles. The molecule has 1 amide bonds. The van der Waals surface area contributed by atoms with Gasteiger partial charge in [0, 0.05) is 21.9 Å². The number of amides is 1. The van der Waals surface area contributed by atoms with Crippen molar-refractivity contribution in [2.75, 3.05) is 17.3 Å². The fraction of sp³-hybridized carbons (Fsp3) is 0.0625. The van der Waals surface area contributed by atoms with Crippen molar-refractivity contribution in [3.63, 3.8) is 0 Å². The Bertz CT molecular complexity index is 1090. The monoisotopic (exact) mass is 515 g/mol. The molecule has 3 rings (SSSR count). The maximum Gasteiger partial charge on any atom is 0.279 e. The lowest BCUT2D eigenvalue weighted by atomic mass is 10.1. The number of nitrogens with zero attached hydrogens (tertiary/aromatic N) is 2. The van der Waals surface area contributed by atoms with E-state index in [1.165, 1.54) is 23.1 Å². The fourth-order valence-electron chi connectivity index (χ4n) is 2.50. The summed E-state index contributed by atoms with van der Waals surface area (Å²) in [5, 5.41) is 12.2. The molecule has 2 aromatic carbocycles. The minimum absolute atomic E-state index is 0.0438. The number of fused-ring (bicyclic) bond motifs is 1. The largest absolute Gasteiger partial charge is 0.331 e. The Morgan fingerprint density at radius 1 is 1.26 bits per heavy atom. The van der Waals surface area contributed by atoms with E-state index in [0.717, 1.165) is 9.26 Å². The number of rotatable bonds is 3. The number of nitrogens with one attached hydrogen (secondary N) is 2. The number of nitrogens with two attached hydrogens (primary N) is 1. The first kappa shape index (κ1) is 19.7. The first-order valence-corrected chi connectivity index (χ1v) is 10.6. The van der Waals surface area contributed by atoms with Gasteiger partial charge < -0.3 is 10.2 Å². The van der Waals surface area contributed by atoms with Gasteiger partial charge in [-0.05, 0) is 71.2 Å². The Morgan fingerprint density at radius 3 is 2.70 bits per heavy atom. The molecule has 1 aliphatic heterocycles. The van der Waals surface area contributed by atoms with Crippen molar-refractivity contribution in [3.05, 3.63) is 51.6 Å². The Morgan fingerprint density at radius 2 is 2.00 bits per heavy atom. The van der Waals surface area contributed by atoms with Gasteiger partial charge >= 0.3 is 0 Å². The van der Waals surface area contributed by atoms with E-state index < -0.39 is 10.0 Å². The molecule has 0 saturated heterocycles. The molecule has 27 heavy (non-hydrogen) atoms. The number of thiocarbonyl (C=S) groups is 1. The highest BCUT2D eigenvalue weighted by Crippen LogP contribution is 2.29. The molecule has 0 atom stereocenters. The number of primary sulfonamides is 1. The summed E-state index contributed by atoms with van der Waals surface area (Å²) in [7, 11) is -2.15. The summed E-state index contributed by atoms with van der Waals surface area (Å²) < 4.78 is 23.8. The highest BCUT2D eigenvalue weighted by Gasteiger charge is 2.31. The smallest absolute Gasteiger partial charge is 0.279 e. The number of anilines is 2. The third kappa shape index (κ3) is 4.26. The molecule has 0 bridgehead atoms. The average molecular weight is 515 g/mol. The molecule has 140 valence electrons. The van der Waals surface area contributed by atoms with Crippen LogP contribution >= 0.6 is 34.8 Å². The second kappa shape index (κ2) is 7.50. The van der Waals surface area contributed by atoms with Gasteiger partial charge in [0.05, 0.1) is 10.6 Å². The number of hydrogen-bond acceptors (Lipinski definition) is 5. The lowest BCUT2D eigenvalue weighted by Crippen LogP contribution is -2.30. The molecule has 4 N–H and O–H groups in total. The number of halogens is 1. The molecule has 0 unspecified atom stereocenters. The molecular formula is C16H14IN5O3S2.